The van der Waals surface area contributed by atoms with Gasteiger partial charge in [0, 0.05) is 18.9 Å². The van der Waals surface area contributed by atoms with E-state index in [9.17, 15) is 9.18 Å². The van der Waals surface area contributed by atoms with Crippen molar-refractivity contribution in [2.45, 2.75) is 6.04 Å². The van der Waals surface area contributed by atoms with E-state index in [0.717, 1.165) is 0 Å². The second-order valence-electron chi connectivity index (χ2n) is 5.06. The SMILES string of the molecule is O=C(COc1ccc(F)cc1)NCC(c1ccco1)n1cccn1. The zero-order valence-electron chi connectivity index (χ0n) is 12.8. The van der Waals surface area contributed by atoms with E-state index < -0.39 is 0 Å². The number of carbonyl (C=O) groups excluding carboxylic acids is 1. The fraction of sp³-hybridized carbons (Fsp3) is 0.176. The molecule has 1 atom stereocenters. The maximum atomic E-state index is 12.8. The summed E-state index contributed by atoms with van der Waals surface area (Å²) in [6.07, 6.45) is 5.04. The van der Waals surface area contributed by atoms with E-state index in [4.69, 9.17) is 9.15 Å². The fourth-order valence-corrected chi connectivity index (χ4v) is 2.21. The molecule has 0 aliphatic rings. The smallest absolute Gasteiger partial charge is 0.258 e. The van der Waals surface area contributed by atoms with Crippen LogP contribution >= 0.6 is 0 Å². The van der Waals surface area contributed by atoms with Gasteiger partial charge in [-0.25, -0.2) is 4.39 Å². The molecule has 124 valence electrons. The number of halogens is 1. The van der Waals surface area contributed by atoms with Crippen LogP contribution in [0.4, 0.5) is 4.39 Å². The molecule has 0 spiro atoms. The van der Waals surface area contributed by atoms with E-state index in [0.29, 0.717) is 18.1 Å². The molecule has 0 aliphatic heterocycles. The Hall–Kier alpha value is -3.09. The lowest BCUT2D eigenvalue weighted by Crippen LogP contribution is -2.34. The summed E-state index contributed by atoms with van der Waals surface area (Å²) in [5, 5.41) is 6.97. The summed E-state index contributed by atoms with van der Waals surface area (Å²) in [5.41, 5.74) is 0. The van der Waals surface area contributed by atoms with Gasteiger partial charge in [-0.2, -0.15) is 5.10 Å². The van der Waals surface area contributed by atoms with Gasteiger partial charge in [-0.05, 0) is 42.5 Å². The van der Waals surface area contributed by atoms with Crippen LogP contribution in [0, 0.1) is 5.82 Å². The molecule has 3 aromatic rings. The van der Waals surface area contributed by atoms with Gasteiger partial charge in [0.15, 0.2) is 6.61 Å². The lowest BCUT2D eigenvalue weighted by atomic mass is 10.2. The van der Waals surface area contributed by atoms with Gasteiger partial charge in [-0.1, -0.05) is 0 Å². The molecule has 0 saturated carbocycles. The summed E-state index contributed by atoms with van der Waals surface area (Å²) in [7, 11) is 0. The Kier molecular flexibility index (Phi) is 4.90. The van der Waals surface area contributed by atoms with Crippen LogP contribution in [-0.4, -0.2) is 28.8 Å². The van der Waals surface area contributed by atoms with Gasteiger partial charge in [0.1, 0.15) is 23.4 Å². The number of hydrogen-bond donors (Lipinski definition) is 1. The average molecular weight is 329 g/mol. The van der Waals surface area contributed by atoms with Crippen molar-refractivity contribution in [3.8, 4) is 5.75 Å². The molecule has 7 heteroatoms. The van der Waals surface area contributed by atoms with Crippen molar-refractivity contribution >= 4 is 5.91 Å². The number of furan rings is 1. The zero-order valence-corrected chi connectivity index (χ0v) is 12.8. The van der Waals surface area contributed by atoms with Crippen molar-refractivity contribution in [3.05, 3.63) is 72.7 Å². The Balaban J connectivity index is 1.54. The second kappa shape index (κ2) is 7.45. The molecule has 0 radical (unpaired) electrons. The maximum Gasteiger partial charge on any atom is 0.258 e. The molecule has 2 heterocycles. The van der Waals surface area contributed by atoms with Crippen molar-refractivity contribution in [2.75, 3.05) is 13.2 Å². The van der Waals surface area contributed by atoms with E-state index in [1.165, 1.54) is 24.3 Å². The first-order valence-corrected chi connectivity index (χ1v) is 7.40. The molecule has 3 rings (SSSR count). The standard InChI is InChI=1S/C17H16FN3O3/c18-13-4-6-14(7-5-13)24-12-17(22)19-11-15(16-3-1-10-23-16)21-9-2-8-20-21/h1-10,15H,11-12H2,(H,19,22). The molecule has 0 saturated heterocycles. The number of benzene rings is 1. The fourth-order valence-electron chi connectivity index (χ4n) is 2.21. The lowest BCUT2D eigenvalue weighted by Gasteiger charge is -2.16. The molecule has 6 nitrogen and oxygen atoms in total. The first-order chi connectivity index (χ1) is 11.7. The molecule has 1 amide bonds. The summed E-state index contributed by atoms with van der Waals surface area (Å²) in [6.45, 7) is 0.149. The molecular weight excluding hydrogens is 313 g/mol. The molecular formula is C17H16FN3O3. The minimum atomic E-state index is -0.354. The van der Waals surface area contributed by atoms with Crippen molar-refractivity contribution in [1.29, 1.82) is 0 Å². The first-order valence-electron chi connectivity index (χ1n) is 7.40. The Labute approximate surface area is 137 Å². The minimum absolute atomic E-state index is 0.157. The molecule has 24 heavy (non-hydrogen) atoms. The molecule has 0 aliphatic carbocycles. The summed E-state index contributed by atoms with van der Waals surface area (Å²) in [4.78, 5) is 12.0. The predicted molar refractivity (Wildman–Crippen MR) is 84.0 cm³/mol. The van der Waals surface area contributed by atoms with Gasteiger partial charge >= 0.3 is 0 Å². The Morgan fingerprint density at radius 2 is 2.12 bits per heavy atom. The summed E-state index contributed by atoms with van der Waals surface area (Å²) in [5.74, 6) is 0.481. The summed E-state index contributed by atoms with van der Waals surface area (Å²) >= 11 is 0. The molecule has 1 unspecified atom stereocenters. The van der Waals surface area contributed by atoms with E-state index in [-0.39, 0.29) is 24.4 Å². The van der Waals surface area contributed by atoms with E-state index in [1.54, 1.807) is 35.5 Å². The summed E-state index contributed by atoms with van der Waals surface area (Å²) in [6, 6.07) is 10.7. The third kappa shape index (κ3) is 4.01. The van der Waals surface area contributed by atoms with Crippen LogP contribution in [0.3, 0.4) is 0 Å². The maximum absolute atomic E-state index is 12.8. The number of ether oxygens (including phenoxy) is 1. The van der Waals surface area contributed by atoms with E-state index in [1.807, 2.05) is 6.07 Å². The van der Waals surface area contributed by atoms with Gasteiger partial charge in [0.2, 0.25) is 0 Å². The summed E-state index contributed by atoms with van der Waals surface area (Å²) < 4.78 is 25.2. The number of amides is 1. The third-order valence-electron chi connectivity index (χ3n) is 3.39. The Morgan fingerprint density at radius 1 is 1.29 bits per heavy atom. The van der Waals surface area contributed by atoms with Gasteiger partial charge in [-0.3, -0.25) is 9.48 Å². The third-order valence-corrected chi connectivity index (χ3v) is 3.39. The van der Waals surface area contributed by atoms with E-state index in [2.05, 4.69) is 10.4 Å². The van der Waals surface area contributed by atoms with Crippen LogP contribution in [0.1, 0.15) is 11.8 Å². The van der Waals surface area contributed by atoms with Gasteiger partial charge < -0.3 is 14.5 Å². The quantitative estimate of drug-likeness (QED) is 0.723. The van der Waals surface area contributed by atoms with Crippen molar-refractivity contribution in [1.82, 2.24) is 15.1 Å². The number of nitrogens with zero attached hydrogens (tertiary/aromatic N) is 2. The van der Waals surface area contributed by atoms with Crippen molar-refractivity contribution < 1.29 is 18.3 Å². The Morgan fingerprint density at radius 3 is 2.79 bits per heavy atom. The first kappa shape index (κ1) is 15.8. The number of hydrogen-bond acceptors (Lipinski definition) is 4. The highest BCUT2D eigenvalue weighted by Gasteiger charge is 2.18. The van der Waals surface area contributed by atoms with Crippen molar-refractivity contribution in [3.63, 3.8) is 0 Å². The van der Waals surface area contributed by atoms with Crippen LogP contribution in [0.5, 0.6) is 5.75 Å². The molecule has 1 aromatic carbocycles. The highest BCUT2D eigenvalue weighted by Crippen LogP contribution is 2.17. The number of nitrogens with one attached hydrogen (secondary N) is 1. The topological polar surface area (TPSA) is 69.3 Å². The molecule has 0 bridgehead atoms. The Bertz CT molecular complexity index is 721. The monoisotopic (exact) mass is 329 g/mol. The predicted octanol–water partition coefficient (Wildman–Crippen LogP) is 2.40. The van der Waals surface area contributed by atoms with Crippen LogP contribution in [0.15, 0.2) is 65.5 Å². The van der Waals surface area contributed by atoms with Crippen LogP contribution in [0.2, 0.25) is 0 Å². The molecule has 2 aromatic heterocycles. The van der Waals surface area contributed by atoms with Gasteiger partial charge in [-0.15, -0.1) is 0 Å². The van der Waals surface area contributed by atoms with Crippen molar-refractivity contribution in [2.24, 2.45) is 0 Å². The number of rotatable bonds is 7. The highest BCUT2D eigenvalue weighted by molar-refractivity contribution is 5.77. The van der Waals surface area contributed by atoms with Crippen LogP contribution in [-0.2, 0) is 4.79 Å². The van der Waals surface area contributed by atoms with Gasteiger partial charge in [0.25, 0.3) is 5.91 Å². The van der Waals surface area contributed by atoms with Gasteiger partial charge in [0.05, 0.1) is 6.26 Å². The normalized spacial score (nSPS) is 11.9. The number of aromatic nitrogens is 2. The van der Waals surface area contributed by atoms with Crippen LogP contribution < -0.4 is 10.1 Å². The largest absolute Gasteiger partial charge is 0.484 e. The van der Waals surface area contributed by atoms with Crippen LogP contribution in [0.25, 0.3) is 0 Å². The highest BCUT2D eigenvalue weighted by atomic mass is 19.1. The lowest BCUT2D eigenvalue weighted by molar-refractivity contribution is -0.123. The zero-order chi connectivity index (χ0) is 16.8. The average Bonchev–Trinajstić information content (AvgIpc) is 3.29. The second-order valence-corrected chi connectivity index (χ2v) is 5.06. The molecule has 1 N–H and O–H groups in total. The van der Waals surface area contributed by atoms with E-state index >= 15 is 0 Å². The number of carbonyl (C=O) groups is 1. The minimum Gasteiger partial charge on any atom is -0.484 e. The molecule has 0 fully saturated rings.